The molecule has 3 rings (SSSR count). The lowest BCUT2D eigenvalue weighted by atomic mass is 9.91. The van der Waals surface area contributed by atoms with Gasteiger partial charge < -0.3 is 4.74 Å². The van der Waals surface area contributed by atoms with Crippen molar-refractivity contribution in [2.45, 2.75) is 12.5 Å². The number of benzene rings is 3. The van der Waals surface area contributed by atoms with Gasteiger partial charge in [-0.25, -0.2) is 0 Å². The van der Waals surface area contributed by atoms with Crippen LogP contribution < -0.4 is 0 Å². The van der Waals surface area contributed by atoms with E-state index in [1.165, 1.54) is 12.1 Å². The van der Waals surface area contributed by atoms with Gasteiger partial charge in [0.25, 0.3) is 5.69 Å². The predicted molar refractivity (Wildman–Crippen MR) is 97.6 cm³/mol. The van der Waals surface area contributed by atoms with Crippen molar-refractivity contribution in [1.82, 2.24) is 0 Å². The van der Waals surface area contributed by atoms with Crippen molar-refractivity contribution in [3.8, 4) is 0 Å². The number of esters is 1. The molecular formula is C21H17NO4. The van der Waals surface area contributed by atoms with E-state index in [9.17, 15) is 14.9 Å². The summed E-state index contributed by atoms with van der Waals surface area (Å²) in [4.78, 5) is 23.0. The summed E-state index contributed by atoms with van der Waals surface area (Å²) in [6, 6.07) is 24.9. The monoisotopic (exact) mass is 347 g/mol. The fraction of sp³-hybridized carbons (Fsp3) is 0.0952. The predicted octanol–water partition coefficient (Wildman–Crippen LogP) is 4.47. The highest BCUT2D eigenvalue weighted by molar-refractivity contribution is 5.82. The van der Waals surface area contributed by atoms with E-state index < -0.39 is 10.8 Å². The summed E-state index contributed by atoms with van der Waals surface area (Å²) in [5.74, 6) is -0.879. The van der Waals surface area contributed by atoms with Crippen LogP contribution in [-0.2, 0) is 16.1 Å². The first-order chi connectivity index (χ1) is 12.6. The number of nitro benzene ring substituents is 1. The van der Waals surface area contributed by atoms with Crippen LogP contribution in [0.5, 0.6) is 0 Å². The van der Waals surface area contributed by atoms with Crippen LogP contribution in [0.2, 0.25) is 0 Å². The number of nitro groups is 1. The standard InChI is InChI=1S/C21H17NO4/c23-21(26-15-16-11-13-19(14-12-16)22(24)25)20(17-7-3-1-4-8-17)18-9-5-2-6-10-18/h1-14,20H,15H2. The Morgan fingerprint density at radius 2 is 1.35 bits per heavy atom. The Morgan fingerprint density at radius 1 is 0.846 bits per heavy atom. The van der Waals surface area contributed by atoms with E-state index in [4.69, 9.17) is 4.74 Å². The molecule has 0 saturated heterocycles. The second-order valence-electron chi connectivity index (χ2n) is 5.79. The van der Waals surface area contributed by atoms with Crippen molar-refractivity contribution in [3.05, 3.63) is 112 Å². The van der Waals surface area contributed by atoms with Crippen molar-refractivity contribution in [1.29, 1.82) is 0 Å². The van der Waals surface area contributed by atoms with E-state index in [0.717, 1.165) is 11.1 Å². The molecule has 0 radical (unpaired) electrons. The first-order valence-electron chi connectivity index (χ1n) is 8.15. The number of rotatable bonds is 6. The van der Waals surface area contributed by atoms with E-state index in [2.05, 4.69) is 0 Å². The maximum Gasteiger partial charge on any atom is 0.318 e. The molecule has 5 nitrogen and oxygen atoms in total. The number of hydrogen-bond donors (Lipinski definition) is 0. The number of non-ortho nitro benzene ring substituents is 1. The highest BCUT2D eigenvalue weighted by atomic mass is 16.6. The first-order valence-corrected chi connectivity index (χ1v) is 8.15. The lowest BCUT2D eigenvalue weighted by Crippen LogP contribution is -2.17. The highest BCUT2D eigenvalue weighted by Gasteiger charge is 2.24. The zero-order valence-electron chi connectivity index (χ0n) is 13.9. The maximum atomic E-state index is 12.8. The van der Waals surface area contributed by atoms with Crippen molar-refractivity contribution in [2.75, 3.05) is 0 Å². The van der Waals surface area contributed by atoms with Crippen LogP contribution in [0.1, 0.15) is 22.6 Å². The molecule has 0 heterocycles. The molecule has 26 heavy (non-hydrogen) atoms. The van der Waals surface area contributed by atoms with Crippen LogP contribution in [0.4, 0.5) is 5.69 Å². The SMILES string of the molecule is O=C(OCc1ccc([N+](=O)[O-])cc1)C(c1ccccc1)c1ccccc1. The number of carbonyl (C=O) groups is 1. The van der Waals surface area contributed by atoms with Gasteiger partial charge in [0.2, 0.25) is 0 Å². The van der Waals surface area contributed by atoms with Gasteiger partial charge in [-0.05, 0) is 28.8 Å². The van der Waals surface area contributed by atoms with Crippen LogP contribution >= 0.6 is 0 Å². The van der Waals surface area contributed by atoms with Gasteiger partial charge in [-0.1, -0.05) is 60.7 Å². The summed E-state index contributed by atoms with van der Waals surface area (Å²) in [5, 5.41) is 10.7. The molecule has 0 unspecified atom stereocenters. The van der Waals surface area contributed by atoms with Gasteiger partial charge >= 0.3 is 5.97 Å². The zero-order valence-corrected chi connectivity index (χ0v) is 13.9. The molecular weight excluding hydrogens is 330 g/mol. The van der Waals surface area contributed by atoms with E-state index in [-0.39, 0.29) is 18.3 Å². The minimum Gasteiger partial charge on any atom is -0.460 e. The third kappa shape index (κ3) is 4.13. The fourth-order valence-electron chi connectivity index (χ4n) is 2.71. The summed E-state index contributed by atoms with van der Waals surface area (Å²) >= 11 is 0. The van der Waals surface area contributed by atoms with E-state index in [1.54, 1.807) is 12.1 Å². The molecule has 3 aromatic rings. The molecule has 3 aromatic carbocycles. The van der Waals surface area contributed by atoms with Gasteiger partial charge in [-0.3, -0.25) is 14.9 Å². The van der Waals surface area contributed by atoms with Gasteiger partial charge in [0.05, 0.1) is 4.92 Å². The number of hydrogen-bond acceptors (Lipinski definition) is 4. The molecule has 0 fully saturated rings. The summed E-state index contributed by atoms with van der Waals surface area (Å²) in [7, 11) is 0. The average Bonchev–Trinajstić information content (AvgIpc) is 2.68. The molecule has 0 spiro atoms. The van der Waals surface area contributed by atoms with Crippen LogP contribution in [-0.4, -0.2) is 10.9 Å². The van der Waals surface area contributed by atoms with Crippen molar-refractivity contribution < 1.29 is 14.5 Å². The molecule has 0 N–H and O–H groups in total. The Morgan fingerprint density at radius 3 is 1.81 bits per heavy atom. The lowest BCUT2D eigenvalue weighted by molar-refractivity contribution is -0.384. The van der Waals surface area contributed by atoms with Crippen LogP contribution in [0, 0.1) is 10.1 Å². The normalized spacial score (nSPS) is 10.5. The van der Waals surface area contributed by atoms with Gasteiger partial charge in [-0.2, -0.15) is 0 Å². The number of ether oxygens (including phenoxy) is 1. The van der Waals surface area contributed by atoms with E-state index >= 15 is 0 Å². The van der Waals surface area contributed by atoms with Crippen LogP contribution in [0.3, 0.4) is 0 Å². The Labute approximate surface area is 151 Å². The average molecular weight is 347 g/mol. The van der Waals surface area contributed by atoms with Crippen molar-refractivity contribution in [3.63, 3.8) is 0 Å². The zero-order chi connectivity index (χ0) is 18.4. The first kappa shape index (κ1) is 17.4. The molecule has 0 atom stereocenters. The number of carbonyl (C=O) groups excluding carboxylic acids is 1. The topological polar surface area (TPSA) is 69.4 Å². The molecule has 0 aromatic heterocycles. The third-order valence-corrected chi connectivity index (χ3v) is 4.03. The summed E-state index contributed by atoms with van der Waals surface area (Å²) in [6.07, 6.45) is 0. The second-order valence-corrected chi connectivity index (χ2v) is 5.79. The molecule has 0 saturated carbocycles. The fourth-order valence-corrected chi connectivity index (χ4v) is 2.71. The van der Waals surface area contributed by atoms with Crippen LogP contribution in [0.15, 0.2) is 84.9 Å². The molecule has 0 aliphatic heterocycles. The lowest BCUT2D eigenvalue weighted by Gasteiger charge is -2.17. The minimum atomic E-state index is -0.518. The summed E-state index contributed by atoms with van der Waals surface area (Å²) in [6.45, 7) is 0.0625. The van der Waals surface area contributed by atoms with Gasteiger partial charge in [-0.15, -0.1) is 0 Å². The van der Waals surface area contributed by atoms with E-state index in [1.807, 2.05) is 60.7 Å². The molecule has 130 valence electrons. The quantitative estimate of drug-likeness (QED) is 0.375. The Kier molecular flexibility index (Phi) is 5.39. The van der Waals surface area contributed by atoms with Gasteiger partial charge in [0, 0.05) is 12.1 Å². The maximum absolute atomic E-state index is 12.8. The Hall–Kier alpha value is -3.47. The minimum absolute atomic E-state index is 0.00604. The van der Waals surface area contributed by atoms with Gasteiger partial charge in [0.15, 0.2) is 0 Å². The molecule has 0 aliphatic rings. The highest BCUT2D eigenvalue weighted by Crippen LogP contribution is 2.26. The smallest absolute Gasteiger partial charge is 0.318 e. The Balaban J connectivity index is 1.77. The largest absolute Gasteiger partial charge is 0.460 e. The molecule has 0 amide bonds. The van der Waals surface area contributed by atoms with Crippen LogP contribution in [0.25, 0.3) is 0 Å². The number of nitrogens with zero attached hydrogens (tertiary/aromatic N) is 1. The van der Waals surface area contributed by atoms with E-state index in [0.29, 0.717) is 5.56 Å². The Bertz CT molecular complexity index is 837. The molecule has 0 bridgehead atoms. The second kappa shape index (κ2) is 8.07. The molecule has 5 heteroatoms. The summed E-state index contributed by atoms with van der Waals surface area (Å²) < 4.78 is 5.49. The van der Waals surface area contributed by atoms with Crippen molar-refractivity contribution in [2.24, 2.45) is 0 Å². The molecule has 0 aliphatic carbocycles. The summed E-state index contributed by atoms with van der Waals surface area (Å²) in [5.41, 5.74) is 2.41. The van der Waals surface area contributed by atoms with Crippen molar-refractivity contribution >= 4 is 11.7 Å². The van der Waals surface area contributed by atoms with Gasteiger partial charge in [0.1, 0.15) is 12.5 Å². The third-order valence-electron chi connectivity index (χ3n) is 4.03.